The van der Waals surface area contributed by atoms with E-state index < -0.39 is 5.91 Å². The van der Waals surface area contributed by atoms with Crippen LogP contribution < -0.4 is 16.4 Å². The number of hydrogen-bond acceptors (Lipinski definition) is 5. The summed E-state index contributed by atoms with van der Waals surface area (Å²) in [5, 5.41) is 7.83. The lowest BCUT2D eigenvalue weighted by Gasteiger charge is -2.22. The highest BCUT2D eigenvalue weighted by Crippen LogP contribution is 2.29. The minimum Gasteiger partial charge on any atom is -0.366 e. The number of benzene rings is 2. The van der Waals surface area contributed by atoms with Crippen LogP contribution in [0.25, 0.3) is 10.9 Å². The van der Waals surface area contributed by atoms with Crippen molar-refractivity contribution in [1.82, 2.24) is 15.3 Å². The maximum atomic E-state index is 11.8. The summed E-state index contributed by atoms with van der Waals surface area (Å²) in [4.78, 5) is 20.5. The highest BCUT2D eigenvalue weighted by molar-refractivity contribution is 6.07. The molecule has 0 aliphatic carbocycles. The lowest BCUT2D eigenvalue weighted by atomic mass is 9.94. The van der Waals surface area contributed by atoms with Gasteiger partial charge in [-0.25, -0.2) is 9.97 Å². The van der Waals surface area contributed by atoms with Gasteiger partial charge >= 0.3 is 0 Å². The molecule has 6 nitrogen and oxygen atoms in total. The molecule has 3 aromatic rings. The van der Waals surface area contributed by atoms with Crippen molar-refractivity contribution in [3.63, 3.8) is 0 Å². The fraction of sp³-hybridized carbons (Fsp3) is 0.250. The summed E-state index contributed by atoms with van der Waals surface area (Å²) in [6.07, 6.45) is 1.48. The molecule has 0 radical (unpaired) electrons. The van der Waals surface area contributed by atoms with E-state index in [1.807, 2.05) is 19.1 Å². The van der Waals surface area contributed by atoms with Gasteiger partial charge in [0, 0.05) is 30.4 Å². The molecule has 2 atom stereocenters. The highest BCUT2D eigenvalue weighted by atomic mass is 16.1. The van der Waals surface area contributed by atoms with Crippen molar-refractivity contribution >= 4 is 22.6 Å². The standard InChI is InChI=1S/C20H21N5O/c1-12-7-14(19(21)26)18-15(8-12)20(24-11-23-18)25-17-10-22-9-16(17)13-5-3-2-4-6-13/h2-8,11,16-17,22H,9-10H2,1H3,(H2,21,26)(H,23,24,25)/t16-,17?/m1/s1. The smallest absolute Gasteiger partial charge is 0.250 e. The molecule has 1 amide bonds. The number of nitrogens with zero attached hydrogens (tertiary/aromatic N) is 2. The Hall–Kier alpha value is -2.99. The summed E-state index contributed by atoms with van der Waals surface area (Å²) in [7, 11) is 0. The Morgan fingerprint density at radius 3 is 2.77 bits per heavy atom. The first kappa shape index (κ1) is 16.5. The average Bonchev–Trinajstić information content (AvgIpc) is 3.10. The van der Waals surface area contributed by atoms with Gasteiger partial charge in [-0.3, -0.25) is 4.79 Å². The Kier molecular flexibility index (Phi) is 4.26. The first-order valence-corrected chi connectivity index (χ1v) is 8.71. The van der Waals surface area contributed by atoms with Crippen molar-refractivity contribution in [2.45, 2.75) is 18.9 Å². The van der Waals surface area contributed by atoms with Gasteiger partial charge in [0.05, 0.1) is 11.1 Å². The molecule has 26 heavy (non-hydrogen) atoms. The largest absolute Gasteiger partial charge is 0.366 e. The van der Waals surface area contributed by atoms with Crippen LogP contribution in [-0.2, 0) is 0 Å². The van der Waals surface area contributed by atoms with Crippen molar-refractivity contribution < 1.29 is 4.79 Å². The van der Waals surface area contributed by atoms with Crippen molar-refractivity contribution in [2.75, 3.05) is 18.4 Å². The normalized spacial score (nSPS) is 19.6. The molecule has 1 saturated heterocycles. The predicted molar refractivity (Wildman–Crippen MR) is 102 cm³/mol. The van der Waals surface area contributed by atoms with Gasteiger partial charge in [0.25, 0.3) is 5.91 Å². The number of anilines is 1. The van der Waals surface area contributed by atoms with E-state index in [-0.39, 0.29) is 6.04 Å². The van der Waals surface area contributed by atoms with Crippen LogP contribution in [0.5, 0.6) is 0 Å². The van der Waals surface area contributed by atoms with Crippen molar-refractivity contribution in [1.29, 1.82) is 0 Å². The first-order valence-electron chi connectivity index (χ1n) is 8.71. The van der Waals surface area contributed by atoms with E-state index in [2.05, 4.69) is 44.9 Å². The molecule has 6 heteroatoms. The Morgan fingerprint density at radius 2 is 2.00 bits per heavy atom. The van der Waals surface area contributed by atoms with E-state index in [1.165, 1.54) is 11.9 Å². The van der Waals surface area contributed by atoms with Crippen LogP contribution >= 0.6 is 0 Å². The van der Waals surface area contributed by atoms with Gasteiger partial charge in [-0.05, 0) is 30.2 Å². The Morgan fingerprint density at radius 1 is 1.19 bits per heavy atom. The van der Waals surface area contributed by atoms with Crippen LogP contribution in [0.15, 0.2) is 48.8 Å². The zero-order valence-electron chi connectivity index (χ0n) is 14.6. The van der Waals surface area contributed by atoms with E-state index in [1.54, 1.807) is 6.07 Å². The SMILES string of the molecule is Cc1cc(C(N)=O)c2ncnc(NC3CNC[C@@H]3c3ccccc3)c2c1. The number of nitrogens with two attached hydrogens (primary N) is 1. The fourth-order valence-corrected chi connectivity index (χ4v) is 3.67. The predicted octanol–water partition coefficient (Wildman–Crippen LogP) is 2.20. The Balaban J connectivity index is 1.72. The molecule has 0 spiro atoms. The number of amides is 1. The second-order valence-corrected chi connectivity index (χ2v) is 6.72. The van der Waals surface area contributed by atoms with Gasteiger partial charge in [0.2, 0.25) is 0 Å². The Bertz CT molecular complexity index is 957. The summed E-state index contributed by atoms with van der Waals surface area (Å²) >= 11 is 0. The average molecular weight is 347 g/mol. The summed E-state index contributed by atoms with van der Waals surface area (Å²) in [5.74, 6) is 0.602. The quantitative estimate of drug-likeness (QED) is 0.673. The van der Waals surface area contributed by atoms with Crippen molar-refractivity contribution in [3.05, 3.63) is 65.5 Å². The molecule has 4 rings (SSSR count). The number of hydrogen-bond donors (Lipinski definition) is 3. The van der Waals surface area contributed by atoms with Gasteiger partial charge in [0.15, 0.2) is 0 Å². The summed E-state index contributed by atoms with van der Waals surface area (Å²) in [6.45, 7) is 3.70. The van der Waals surface area contributed by atoms with Crippen molar-refractivity contribution in [3.8, 4) is 0 Å². The van der Waals surface area contributed by atoms with Crippen LogP contribution in [0.1, 0.15) is 27.4 Å². The lowest BCUT2D eigenvalue weighted by Crippen LogP contribution is -2.27. The Labute approximate surface area is 151 Å². The monoisotopic (exact) mass is 347 g/mol. The molecule has 1 aliphatic heterocycles. The molecule has 132 valence electrons. The molecule has 1 aliphatic rings. The summed E-state index contributed by atoms with van der Waals surface area (Å²) in [5.41, 5.74) is 8.79. The second-order valence-electron chi connectivity index (χ2n) is 6.72. The van der Waals surface area contributed by atoms with E-state index >= 15 is 0 Å². The summed E-state index contributed by atoms with van der Waals surface area (Å²) < 4.78 is 0. The number of aromatic nitrogens is 2. The number of nitrogens with one attached hydrogen (secondary N) is 2. The molecule has 4 N–H and O–H groups in total. The summed E-state index contributed by atoms with van der Waals surface area (Å²) in [6, 6.07) is 14.4. The van der Waals surface area contributed by atoms with E-state index in [9.17, 15) is 4.79 Å². The van der Waals surface area contributed by atoms with Gasteiger partial charge in [-0.15, -0.1) is 0 Å². The lowest BCUT2D eigenvalue weighted by molar-refractivity contribution is 0.100. The van der Waals surface area contributed by atoms with Crippen LogP contribution in [0.2, 0.25) is 0 Å². The molecule has 1 fully saturated rings. The highest BCUT2D eigenvalue weighted by Gasteiger charge is 2.29. The topological polar surface area (TPSA) is 92.9 Å². The van der Waals surface area contributed by atoms with Crippen molar-refractivity contribution in [2.24, 2.45) is 5.73 Å². The molecule has 1 unspecified atom stereocenters. The van der Waals surface area contributed by atoms with Crippen LogP contribution in [0.3, 0.4) is 0 Å². The maximum Gasteiger partial charge on any atom is 0.250 e. The molecule has 2 aromatic carbocycles. The van der Waals surface area contributed by atoms with Crippen LogP contribution in [0, 0.1) is 6.92 Å². The number of primary amides is 1. The van der Waals surface area contributed by atoms with Crippen LogP contribution in [-0.4, -0.2) is 35.0 Å². The molecule has 0 saturated carbocycles. The number of carbonyl (C=O) groups excluding carboxylic acids is 1. The fourth-order valence-electron chi connectivity index (χ4n) is 3.67. The third-order valence-corrected chi connectivity index (χ3v) is 4.91. The zero-order valence-corrected chi connectivity index (χ0v) is 14.6. The van der Waals surface area contributed by atoms with E-state index in [0.717, 1.165) is 29.9 Å². The molecule has 0 bridgehead atoms. The third-order valence-electron chi connectivity index (χ3n) is 4.91. The number of aryl methyl sites for hydroxylation is 1. The number of rotatable bonds is 4. The van der Waals surface area contributed by atoms with Gasteiger partial charge in [-0.1, -0.05) is 30.3 Å². The minimum atomic E-state index is -0.479. The number of fused-ring (bicyclic) bond motifs is 1. The second kappa shape index (κ2) is 6.72. The van der Waals surface area contributed by atoms with Gasteiger partial charge in [0.1, 0.15) is 12.1 Å². The minimum absolute atomic E-state index is 0.202. The van der Waals surface area contributed by atoms with Crippen LogP contribution in [0.4, 0.5) is 5.82 Å². The first-order chi connectivity index (χ1) is 12.6. The third kappa shape index (κ3) is 2.99. The number of carbonyl (C=O) groups is 1. The maximum absolute atomic E-state index is 11.8. The van der Waals surface area contributed by atoms with Gasteiger partial charge < -0.3 is 16.4 Å². The van der Waals surface area contributed by atoms with E-state index in [4.69, 9.17) is 5.73 Å². The zero-order chi connectivity index (χ0) is 18.1. The van der Waals surface area contributed by atoms with E-state index in [0.29, 0.717) is 17.0 Å². The molecular weight excluding hydrogens is 326 g/mol. The van der Waals surface area contributed by atoms with Gasteiger partial charge in [-0.2, -0.15) is 0 Å². The molecule has 2 heterocycles. The molecule has 1 aromatic heterocycles. The molecular formula is C20H21N5O.